The third kappa shape index (κ3) is 3.05. The van der Waals surface area contributed by atoms with Crippen LogP contribution in [0.15, 0.2) is 42.9 Å². The number of anilines is 1. The molecule has 3 heterocycles. The van der Waals surface area contributed by atoms with Gasteiger partial charge in [0.1, 0.15) is 5.69 Å². The Bertz CT molecular complexity index is 858. The first-order chi connectivity index (χ1) is 11.4. The normalized spacial score (nSPS) is 11.5. The number of aryl methyl sites for hydroxylation is 1. The Morgan fingerprint density at radius 1 is 1.21 bits per heavy atom. The zero-order valence-electron chi connectivity index (χ0n) is 14.2. The molecule has 3 rings (SSSR count). The highest BCUT2D eigenvalue weighted by atomic mass is 16.2. The molecule has 7 nitrogen and oxygen atoms in total. The van der Waals surface area contributed by atoms with Gasteiger partial charge in [0.25, 0.3) is 5.91 Å². The third-order valence-electron chi connectivity index (χ3n) is 3.64. The van der Waals surface area contributed by atoms with Crippen LogP contribution in [0, 0.1) is 0 Å². The number of aromatic nitrogens is 5. The minimum Gasteiger partial charge on any atom is -0.317 e. The summed E-state index contributed by atoms with van der Waals surface area (Å²) in [5.41, 5.74) is 1.83. The lowest BCUT2D eigenvalue weighted by atomic mass is 9.92. The summed E-state index contributed by atoms with van der Waals surface area (Å²) in [5, 5.41) is 11.5. The molecule has 0 saturated heterocycles. The predicted molar refractivity (Wildman–Crippen MR) is 91.2 cm³/mol. The summed E-state index contributed by atoms with van der Waals surface area (Å²) in [5.74, 6) is 0.330. The van der Waals surface area contributed by atoms with Crippen LogP contribution in [0.3, 0.4) is 0 Å². The van der Waals surface area contributed by atoms with E-state index in [9.17, 15) is 4.79 Å². The second-order valence-electron chi connectivity index (χ2n) is 6.57. The Balaban J connectivity index is 1.90. The Kier molecular flexibility index (Phi) is 3.92. The molecule has 0 spiro atoms. The van der Waals surface area contributed by atoms with Crippen molar-refractivity contribution >= 4 is 11.6 Å². The predicted octanol–water partition coefficient (Wildman–Crippen LogP) is 2.55. The first kappa shape index (κ1) is 15.9. The maximum atomic E-state index is 12.7. The van der Waals surface area contributed by atoms with Crippen LogP contribution in [0.5, 0.6) is 0 Å². The Hall–Kier alpha value is -2.96. The summed E-state index contributed by atoms with van der Waals surface area (Å²) in [6, 6.07) is 7.19. The SMILES string of the molecule is Cn1nc(C(C)(C)C)cc1C(=O)Nc1cccnc1-n1cccn1. The number of carbonyl (C=O) groups excluding carboxylic acids is 1. The van der Waals surface area contributed by atoms with E-state index in [-0.39, 0.29) is 11.3 Å². The first-order valence-corrected chi connectivity index (χ1v) is 7.67. The molecular formula is C17H20N6O. The van der Waals surface area contributed by atoms with E-state index in [1.165, 1.54) is 0 Å². The van der Waals surface area contributed by atoms with Gasteiger partial charge in [-0.1, -0.05) is 20.8 Å². The van der Waals surface area contributed by atoms with Crippen LogP contribution in [-0.2, 0) is 12.5 Å². The molecule has 0 saturated carbocycles. The van der Waals surface area contributed by atoms with Gasteiger partial charge in [-0.25, -0.2) is 9.67 Å². The monoisotopic (exact) mass is 324 g/mol. The minimum atomic E-state index is -0.234. The summed E-state index contributed by atoms with van der Waals surface area (Å²) in [4.78, 5) is 17.0. The van der Waals surface area contributed by atoms with Gasteiger partial charge < -0.3 is 5.32 Å². The summed E-state index contributed by atoms with van der Waals surface area (Å²) in [7, 11) is 1.77. The molecule has 0 atom stereocenters. The van der Waals surface area contributed by atoms with Crippen molar-refractivity contribution in [3.05, 3.63) is 54.2 Å². The highest BCUT2D eigenvalue weighted by Gasteiger charge is 2.22. The second-order valence-corrected chi connectivity index (χ2v) is 6.57. The maximum Gasteiger partial charge on any atom is 0.274 e. The van der Waals surface area contributed by atoms with Crippen molar-refractivity contribution in [1.82, 2.24) is 24.5 Å². The molecule has 0 aliphatic carbocycles. The molecule has 3 aromatic heterocycles. The number of nitrogens with zero attached hydrogens (tertiary/aromatic N) is 5. The fraction of sp³-hybridized carbons (Fsp3) is 0.294. The van der Waals surface area contributed by atoms with Crippen molar-refractivity contribution in [3.8, 4) is 5.82 Å². The molecule has 0 aromatic carbocycles. The van der Waals surface area contributed by atoms with Gasteiger partial charge in [-0.05, 0) is 24.3 Å². The van der Waals surface area contributed by atoms with Gasteiger partial charge in [-0.15, -0.1) is 0 Å². The fourth-order valence-corrected chi connectivity index (χ4v) is 2.30. The smallest absolute Gasteiger partial charge is 0.274 e. The molecule has 0 aliphatic heterocycles. The van der Waals surface area contributed by atoms with Crippen molar-refractivity contribution in [3.63, 3.8) is 0 Å². The van der Waals surface area contributed by atoms with Gasteiger partial charge in [0.05, 0.1) is 11.4 Å². The lowest BCUT2D eigenvalue weighted by Gasteiger charge is -2.13. The molecule has 0 aliphatic rings. The summed E-state index contributed by atoms with van der Waals surface area (Å²) in [6.07, 6.45) is 5.10. The van der Waals surface area contributed by atoms with Gasteiger partial charge in [-0.3, -0.25) is 9.48 Å². The highest BCUT2D eigenvalue weighted by molar-refractivity contribution is 6.04. The average molecular weight is 324 g/mol. The molecule has 24 heavy (non-hydrogen) atoms. The fourth-order valence-electron chi connectivity index (χ4n) is 2.30. The van der Waals surface area contributed by atoms with Crippen LogP contribution in [0.25, 0.3) is 5.82 Å². The van der Waals surface area contributed by atoms with Crippen molar-refractivity contribution in [1.29, 1.82) is 0 Å². The second kappa shape index (κ2) is 5.92. The van der Waals surface area contributed by atoms with Gasteiger partial charge in [0.2, 0.25) is 0 Å². The van der Waals surface area contributed by atoms with Crippen LogP contribution in [0.2, 0.25) is 0 Å². The van der Waals surface area contributed by atoms with Gasteiger partial charge >= 0.3 is 0 Å². The molecule has 0 bridgehead atoms. The number of carbonyl (C=O) groups is 1. The van der Waals surface area contributed by atoms with Crippen LogP contribution in [0.4, 0.5) is 5.69 Å². The molecule has 7 heteroatoms. The van der Waals surface area contributed by atoms with Crippen molar-refractivity contribution < 1.29 is 4.79 Å². The Labute approximate surface area is 140 Å². The van der Waals surface area contributed by atoms with Crippen LogP contribution in [-0.4, -0.2) is 30.5 Å². The van der Waals surface area contributed by atoms with Gasteiger partial charge in [0.15, 0.2) is 5.82 Å². The number of pyridine rings is 1. The average Bonchev–Trinajstić information content (AvgIpc) is 3.16. The molecule has 0 fully saturated rings. The largest absolute Gasteiger partial charge is 0.317 e. The van der Waals surface area contributed by atoms with E-state index in [1.54, 1.807) is 53.2 Å². The van der Waals surface area contributed by atoms with Gasteiger partial charge in [-0.2, -0.15) is 10.2 Å². The number of hydrogen-bond donors (Lipinski definition) is 1. The molecule has 124 valence electrons. The number of amides is 1. The van der Waals surface area contributed by atoms with Crippen LogP contribution >= 0.6 is 0 Å². The highest BCUT2D eigenvalue weighted by Crippen LogP contribution is 2.22. The number of rotatable bonds is 3. The molecule has 3 aromatic rings. The maximum absolute atomic E-state index is 12.7. The van der Waals surface area contributed by atoms with E-state index < -0.39 is 0 Å². The summed E-state index contributed by atoms with van der Waals surface area (Å²) >= 11 is 0. The first-order valence-electron chi connectivity index (χ1n) is 7.67. The van der Waals surface area contributed by atoms with Crippen LogP contribution < -0.4 is 5.32 Å². The van der Waals surface area contributed by atoms with Crippen molar-refractivity contribution in [2.75, 3.05) is 5.32 Å². The molecule has 1 N–H and O–H groups in total. The van der Waals surface area contributed by atoms with Gasteiger partial charge in [0, 0.05) is 31.1 Å². The minimum absolute atomic E-state index is 0.120. The Morgan fingerprint density at radius 3 is 2.62 bits per heavy atom. The zero-order valence-corrected chi connectivity index (χ0v) is 14.2. The topological polar surface area (TPSA) is 77.6 Å². The van der Waals surface area contributed by atoms with E-state index in [0.29, 0.717) is 17.2 Å². The molecule has 0 radical (unpaired) electrons. The summed E-state index contributed by atoms with van der Waals surface area (Å²) < 4.78 is 3.21. The lowest BCUT2D eigenvalue weighted by molar-refractivity contribution is 0.101. The molecular weight excluding hydrogens is 304 g/mol. The van der Waals surface area contributed by atoms with E-state index in [0.717, 1.165) is 5.69 Å². The van der Waals surface area contributed by atoms with E-state index in [1.807, 2.05) is 6.07 Å². The third-order valence-corrected chi connectivity index (χ3v) is 3.64. The lowest BCUT2D eigenvalue weighted by Crippen LogP contribution is -2.17. The molecule has 0 unspecified atom stereocenters. The number of hydrogen-bond acceptors (Lipinski definition) is 4. The standard InChI is InChI=1S/C17H20N6O/c1-17(2,3)14-11-13(22(4)21-14)16(24)20-12-7-5-8-18-15(12)23-10-6-9-19-23/h5-11H,1-4H3,(H,20,24). The van der Waals surface area contributed by atoms with E-state index in [2.05, 4.69) is 41.3 Å². The van der Waals surface area contributed by atoms with Crippen molar-refractivity contribution in [2.45, 2.75) is 26.2 Å². The van der Waals surface area contributed by atoms with E-state index in [4.69, 9.17) is 0 Å². The van der Waals surface area contributed by atoms with Crippen LogP contribution in [0.1, 0.15) is 37.0 Å². The Morgan fingerprint density at radius 2 is 2.00 bits per heavy atom. The number of nitrogens with one attached hydrogen (secondary N) is 1. The van der Waals surface area contributed by atoms with Crippen molar-refractivity contribution in [2.24, 2.45) is 7.05 Å². The molecule has 1 amide bonds. The summed E-state index contributed by atoms with van der Waals surface area (Å²) in [6.45, 7) is 6.19. The zero-order chi connectivity index (χ0) is 17.3. The quantitative estimate of drug-likeness (QED) is 0.803. The van der Waals surface area contributed by atoms with E-state index >= 15 is 0 Å².